The fourth-order valence-electron chi connectivity index (χ4n) is 1.20. The summed E-state index contributed by atoms with van der Waals surface area (Å²) in [4.78, 5) is 22.1. The van der Waals surface area contributed by atoms with Crippen molar-refractivity contribution in [2.45, 2.75) is 31.8 Å². The molecule has 1 saturated heterocycles. The van der Waals surface area contributed by atoms with Crippen LogP contribution in [0, 0.1) is 0 Å². The van der Waals surface area contributed by atoms with E-state index >= 15 is 0 Å². The zero-order valence-corrected chi connectivity index (χ0v) is 7.54. The van der Waals surface area contributed by atoms with Crippen LogP contribution in [0.15, 0.2) is 0 Å². The first-order valence-corrected chi connectivity index (χ1v) is 4.34. The summed E-state index contributed by atoms with van der Waals surface area (Å²) < 4.78 is 0. The molecule has 1 aliphatic heterocycles. The molecule has 1 aliphatic rings. The number of nitrogens with one attached hydrogen (secondary N) is 2. The Morgan fingerprint density at radius 3 is 3.00 bits per heavy atom. The van der Waals surface area contributed by atoms with Crippen LogP contribution in [0.25, 0.3) is 0 Å². The molecule has 0 aliphatic carbocycles. The number of carbonyl (C=O) groups excluding carboxylic acids is 2. The number of hydrogen-bond acceptors (Lipinski definition) is 3. The van der Waals surface area contributed by atoms with Crippen LogP contribution in [0.4, 0.5) is 0 Å². The molecule has 0 spiro atoms. The Kier molecular flexibility index (Phi) is 3.25. The van der Waals surface area contributed by atoms with Gasteiger partial charge in [0.05, 0.1) is 6.61 Å². The average Bonchev–Trinajstić information content (AvgIpc) is 2.51. The van der Waals surface area contributed by atoms with Crippen LogP contribution in [0.5, 0.6) is 0 Å². The van der Waals surface area contributed by atoms with Gasteiger partial charge in [-0.05, 0) is 13.3 Å². The second kappa shape index (κ2) is 4.23. The minimum absolute atomic E-state index is 0.0863. The SMILES string of the molecule is CC(CO)NC(=O)[C@@H]1CCC(=O)N1. The molecular formula is C8H14N2O3. The monoisotopic (exact) mass is 186 g/mol. The molecule has 3 N–H and O–H groups in total. The van der Waals surface area contributed by atoms with Crippen LogP contribution < -0.4 is 10.6 Å². The molecule has 13 heavy (non-hydrogen) atoms. The van der Waals surface area contributed by atoms with Gasteiger partial charge in [-0.2, -0.15) is 0 Å². The lowest BCUT2D eigenvalue weighted by Gasteiger charge is -2.14. The minimum atomic E-state index is -0.415. The fourth-order valence-corrected chi connectivity index (χ4v) is 1.20. The van der Waals surface area contributed by atoms with Crippen molar-refractivity contribution in [3.63, 3.8) is 0 Å². The zero-order chi connectivity index (χ0) is 9.84. The first-order chi connectivity index (χ1) is 6.13. The standard InChI is InChI=1S/C8H14N2O3/c1-5(4-11)9-8(13)6-2-3-7(12)10-6/h5-6,11H,2-4H2,1H3,(H,9,13)(H,10,12)/t5?,6-/m0/s1. The normalized spacial score (nSPS) is 23.8. The summed E-state index contributed by atoms with van der Waals surface area (Å²) in [6.45, 7) is 1.61. The van der Waals surface area contributed by atoms with Gasteiger partial charge >= 0.3 is 0 Å². The molecule has 2 atom stereocenters. The molecular weight excluding hydrogens is 172 g/mol. The molecule has 2 amide bonds. The Balaban J connectivity index is 2.35. The highest BCUT2D eigenvalue weighted by molar-refractivity contribution is 5.90. The molecule has 0 aromatic rings. The van der Waals surface area contributed by atoms with E-state index in [1.54, 1.807) is 6.92 Å². The number of aliphatic hydroxyl groups is 1. The third-order valence-corrected chi connectivity index (χ3v) is 1.97. The summed E-state index contributed by atoms with van der Waals surface area (Å²) in [7, 11) is 0. The van der Waals surface area contributed by atoms with Crippen LogP contribution >= 0.6 is 0 Å². The van der Waals surface area contributed by atoms with E-state index in [0.29, 0.717) is 12.8 Å². The van der Waals surface area contributed by atoms with Crippen molar-refractivity contribution >= 4 is 11.8 Å². The molecule has 0 aromatic heterocycles. The Labute approximate surface area is 76.5 Å². The predicted molar refractivity (Wildman–Crippen MR) is 45.9 cm³/mol. The van der Waals surface area contributed by atoms with Gasteiger partial charge in [-0.1, -0.05) is 0 Å². The highest BCUT2D eigenvalue weighted by Crippen LogP contribution is 2.06. The Bertz CT molecular complexity index is 217. The topological polar surface area (TPSA) is 78.4 Å². The molecule has 5 heteroatoms. The van der Waals surface area contributed by atoms with Gasteiger partial charge in [0.2, 0.25) is 11.8 Å². The second-order valence-electron chi connectivity index (χ2n) is 3.25. The van der Waals surface area contributed by atoms with Crippen molar-refractivity contribution in [2.75, 3.05) is 6.61 Å². The summed E-state index contributed by atoms with van der Waals surface area (Å²) in [5.74, 6) is -0.302. The maximum atomic E-state index is 11.3. The highest BCUT2D eigenvalue weighted by Gasteiger charge is 2.27. The van der Waals surface area contributed by atoms with Crippen molar-refractivity contribution in [1.82, 2.24) is 10.6 Å². The molecule has 1 heterocycles. The predicted octanol–water partition coefficient (Wildman–Crippen LogP) is -1.24. The molecule has 0 radical (unpaired) electrons. The van der Waals surface area contributed by atoms with E-state index in [2.05, 4.69) is 10.6 Å². The minimum Gasteiger partial charge on any atom is -0.394 e. The number of hydrogen-bond donors (Lipinski definition) is 3. The second-order valence-corrected chi connectivity index (χ2v) is 3.25. The molecule has 0 bridgehead atoms. The molecule has 1 unspecified atom stereocenters. The van der Waals surface area contributed by atoms with Crippen molar-refractivity contribution in [3.8, 4) is 0 Å². The number of aliphatic hydroxyl groups excluding tert-OH is 1. The summed E-state index contributed by atoms with van der Waals surface area (Å²) in [5, 5.41) is 13.8. The summed E-state index contributed by atoms with van der Waals surface area (Å²) in [6, 6.07) is -0.675. The van der Waals surface area contributed by atoms with E-state index in [9.17, 15) is 9.59 Å². The molecule has 0 aromatic carbocycles. The quantitative estimate of drug-likeness (QED) is 0.516. The van der Waals surface area contributed by atoms with E-state index in [1.165, 1.54) is 0 Å². The lowest BCUT2D eigenvalue weighted by Crippen LogP contribution is -2.46. The molecule has 5 nitrogen and oxygen atoms in total. The van der Waals surface area contributed by atoms with E-state index in [0.717, 1.165) is 0 Å². The lowest BCUT2D eigenvalue weighted by molar-refractivity contribution is -0.126. The maximum absolute atomic E-state index is 11.3. The molecule has 1 fully saturated rings. The van der Waals surface area contributed by atoms with Crippen LogP contribution in [0.2, 0.25) is 0 Å². The highest BCUT2D eigenvalue weighted by atomic mass is 16.3. The van der Waals surface area contributed by atoms with Gasteiger partial charge in [-0.25, -0.2) is 0 Å². The Hall–Kier alpha value is -1.10. The van der Waals surface area contributed by atoms with Gasteiger partial charge in [-0.3, -0.25) is 9.59 Å². The maximum Gasteiger partial charge on any atom is 0.242 e. The fraction of sp³-hybridized carbons (Fsp3) is 0.750. The largest absolute Gasteiger partial charge is 0.394 e. The van der Waals surface area contributed by atoms with Gasteiger partial charge in [0.15, 0.2) is 0 Å². The average molecular weight is 186 g/mol. The van der Waals surface area contributed by atoms with E-state index in [4.69, 9.17) is 5.11 Å². The first-order valence-electron chi connectivity index (χ1n) is 4.34. The molecule has 74 valence electrons. The van der Waals surface area contributed by atoms with E-state index < -0.39 is 6.04 Å². The number of amides is 2. The van der Waals surface area contributed by atoms with Crippen molar-refractivity contribution in [3.05, 3.63) is 0 Å². The van der Waals surface area contributed by atoms with Gasteiger partial charge < -0.3 is 15.7 Å². The summed E-state index contributed by atoms with van der Waals surface area (Å²) in [6.07, 6.45) is 0.953. The van der Waals surface area contributed by atoms with Crippen LogP contribution in [-0.4, -0.2) is 35.6 Å². The van der Waals surface area contributed by atoms with E-state index in [-0.39, 0.29) is 24.5 Å². The van der Waals surface area contributed by atoms with E-state index in [1.807, 2.05) is 0 Å². The number of carbonyl (C=O) groups is 2. The van der Waals surface area contributed by atoms with Crippen LogP contribution in [0.1, 0.15) is 19.8 Å². The van der Waals surface area contributed by atoms with Crippen LogP contribution in [0.3, 0.4) is 0 Å². The van der Waals surface area contributed by atoms with Crippen molar-refractivity contribution in [2.24, 2.45) is 0 Å². The zero-order valence-electron chi connectivity index (χ0n) is 7.54. The van der Waals surface area contributed by atoms with Crippen molar-refractivity contribution < 1.29 is 14.7 Å². The van der Waals surface area contributed by atoms with Gasteiger partial charge in [0.1, 0.15) is 6.04 Å². The Morgan fingerprint density at radius 1 is 1.85 bits per heavy atom. The van der Waals surface area contributed by atoms with Crippen molar-refractivity contribution in [1.29, 1.82) is 0 Å². The lowest BCUT2D eigenvalue weighted by atomic mass is 10.2. The summed E-state index contributed by atoms with van der Waals surface area (Å²) >= 11 is 0. The van der Waals surface area contributed by atoms with Gasteiger partial charge in [-0.15, -0.1) is 0 Å². The third-order valence-electron chi connectivity index (χ3n) is 1.97. The third kappa shape index (κ3) is 2.69. The smallest absolute Gasteiger partial charge is 0.242 e. The molecule has 1 rings (SSSR count). The van der Waals surface area contributed by atoms with Gasteiger partial charge in [0, 0.05) is 12.5 Å². The molecule has 0 saturated carbocycles. The number of rotatable bonds is 3. The van der Waals surface area contributed by atoms with Crippen LogP contribution in [-0.2, 0) is 9.59 Å². The summed E-state index contributed by atoms with van der Waals surface area (Å²) in [5.41, 5.74) is 0. The first kappa shape index (κ1) is 9.98. The Morgan fingerprint density at radius 2 is 2.54 bits per heavy atom. The van der Waals surface area contributed by atoms with Gasteiger partial charge in [0.25, 0.3) is 0 Å².